The molecular formula is C36H51N7O3. The molecule has 10 nitrogen and oxygen atoms in total. The molecule has 2 aliphatic carbocycles. The third kappa shape index (κ3) is 7.96. The fraction of sp³-hybridized carbons (Fsp3) is 0.611. The van der Waals surface area contributed by atoms with Crippen LogP contribution in [0.5, 0.6) is 0 Å². The minimum atomic E-state index is -0.655. The minimum Gasteiger partial charge on any atom is -0.481 e. The highest BCUT2D eigenvalue weighted by Gasteiger charge is 2.31. The number of aromatic nitrogens is 4. The van der Waals surface area contributed by atoms with Crippen molar-refractivity contribution in [1.29, 1.82) is 0 Å². The van der Waals surface area contributed by atoms with Gasteiger partial charge in [-0.1, -0.05) is 37.3 Å². The molecule has 10 heteroatoms. The normalized spacial score (nSPS) is 25.0. The Balaban J connectivity index is 1.26. The maximum absolute atomic E-state index is 11.5. The van der Waals surface area contributed by atoms with Gasteiger partial charge >= 0.3 is 5.97 Å². The molecule has 3 heterocycles. The number of benzene rings is 1. The van der Waals surface area contributed by atoms with Crippen molar-refractivity contribution in [2.24, 2.45) is 18.9 Å². The van der Waals surface area contributed by atoms with Gasteiger partial charge in [-0.05, 0) is 88.2 Å². The number of nitrogens with one attached hydrogen (secondary N) is 2. The maximum Gasteiger partial charge on any atom is 0.306 e. The molecule has 0 spiro atoms. The molecule has 248 valence electrons. The second-order valence-corrected chi connectivity index (χ2v) is 13.8. The second kappa shape index (κ2) is 15.0. The highest BCUT2D eigenvalue weighted by Crippen LogP contribution is 2.37. The molecule has 0 bridgehead atoms. The Labute approximate surface area is 273 Å². The summed E-state index contributed by atoms with van der Waals surface area (Å²) >= 11 is 0. The zero-order valence-electron chi connectivity index (χ0n) is 27.4. The molecule has 3 aromatic rings. The van der Waals surface area contributed by atoms with Crippen LogP contribution in [0, 0.1) is 11.8 Å². The molecule has 46 heavy (non-hydrogen) atoms. The van der Waals surface area contributed by atoms with Crippen molar-refractivity contribution in [3.63, 3.8) is 0 Å². The topological polar surface area (TPSA) is 128 Å². The zero-order chi connectivity index (χ0) is 32.0. The van der Waals surface area contributed by atoms with Gasteiger partial charge < -0.3 is 20.8 Å². The quantitative estimate of drug-likeness (QED) is 0.222. The summed E-state index contributed by atoms with van der Waals surface area (Å²) in [6.07, 6.45) is 12.8. The zero-order valence-corrected chi connectivity index (χ0v) is 27.4. The lowest BCUT2D eigenvalue weighted by molar-refractivity contribution is -0.143. The molecule has 0 radical (unpaired) electrons. The van der Waals surface area contributed by atoms with Crippen LogP contribution in [-0.4, -0.2) is 72.6 Å². The van der Waals surface area contributed by atoms with Crippen LogP contribution >= 0.6 is 0 Å². The van der Waals surface area contributed by atoms with E-state index in [1.165, 1.54) is 11.1 Å². The summed E-state index contributed by atoms with van der Waals surface area (Å²) < 4.78 is 1.85. The Bertz CT molecular complexity index is 1440. The number of piperidine rings is 1. The van der Waals surface area contributed by atoms with Crippen LogP contribution in [-0.2, 0) is 31.2 Å². The molecule has 1 aromatic carbocycles. The lowest BCUT2D eigenvalue weighted by atomic mass is 9.78. The average Bonchev–Trinajstić information content (AvgIpc) is 3.51. The number of rotatable bonds is 12. The summed E-state index contributed by atoms with van der Waals surface area (Å²) in [5.74, 6) is 1.74. The maximum atomic E-state index is 11.5. The van der Waals surface area contributed by atoms with Gasteiger partial charge in [0, 0.05) is 49.2 Å². The SMILES string of the molecule is CC[C@@H](NCc1nc2c(c(N[C@@H](CN3CCC[C@H](O)C3)c3cnn(C)c3)n1)C[C@H](c1ccccc1)CC2)C1CCC(C(=O)O)CC1. The van der Waals surface area contributed by atoms with E-state index in [2.05, 4.69) is 64.1 Å². The van der Waals surface area contributed by atoms with Gasteiger partial charge in [-0.15, -0.1) is 0 Å². The Morgan fingerprint density at radius 3 is 2.59 bits per heavy atom. The molecule has 3 aliphatic rings. The number of likely N-dealkylation sites (tertiary alicyclic amines) is 1. The van der Waals surface area contributed by atoms with E-state index in [1.807, 2.05) is 17.9 Å². The molecule has 0 unspecified atom stereocenters. The smallest absolute Gasteiger partial charge is 0.306 e. The van der Waals surface area contributed by atoms with Crippen LogP contribution in [0.1, 0.15) is 98.5 Å². The number of carbonyl (C=O) groups is 1. The van der Waals surface area contributed by atoms with E-state index in [4.69, 9.17) is 9.97 Å². The number of anilines is 1. The number of fused-ring (bicyclic) bond motifs is 1. The molecule has 0 amide bonds. The first-order chi connectivity index (χ1) is 22.4. The summed E-state index contributed by atoms with van der Waals surface area (Å²) in [6, 6.07) is 11.1. The molecule has 1 saturated heterocycles. The summed E-state index contributed by atoms with van der Waals surface area (Å²) in [5.41, 5.74) is 4.80. The third-order valence-corrected chi connectivity index (χ3v) is 10.6. The van der Waals surface area contributed by atoms with Crippen molar-refractivity contribution in [1.82, 2.24) is 30.0 Å². The fourth-order valence-corrected chi connectivity index (χ4v) is 7.98. The van der Waals surface area contributed by atoms with E-state index in [1.54, 1.807) is 0 Å². The van der Waals surface area contributed by atoms with Crippen molar-refractivity contribution < 1.29 is 15.0 Å². The van der Waals surface area contributed by atoms with Crippen LogP contribution in [0.4, 0.5) is 5.82 Å². The van der Waals surface area contributed by atoms with Crippen molar-refractivity contribution in [3.8, 4) is 0 Å². The Morgan fingerprint density at radius 2 is 1.89 bits per heavy atom. The molecule has 2 aromatic heterocycles. The van der Waals surface area contributed by atoms with Gasteiger partial charge in [-0.2, -0.15) is 5.10 Å². The first kappa shape index (κ1) is 32.6. The standard InChI is InChI=1S/C36H51N7O3/c1-3-31(25-11-13-26(14-12-25)36(45)46)37-20-34-39-32-16-15-27(24-8-5-4-6-9-24)18-30(32)35(41-34)40-33(28-19-38-42(2)21-28)23-43-17-7-10-29(44)22-43/h4-6,8-9,19,21,25-27,29,31,33,37,44H,3,7,10-18,20,22-23H2,1-2H3,(H,45,46)(H,39,40,41)/t25?,26?,27-,29+,31-,33+/m1/s1. The molecular weight excluding hydrogens is 578 g/mol. The van der Waals surface area contributed by atoms with Crippen LogP contribution in [0.2, 0.25) is 0 Å². The van der Waals surface area contributed by atoms with E-state index in [9.17, 15) is 15.0 Å². The van der Waals surface area contributed by atoms with Crippen molar-refractivity contribution in [3.05, 3.63) is 70.9 Å². The Hall–Kier alpha value is -3.34. The van der Waals surface area contributed by atoms with Crippen LogP contribution in [0.25, 0.3) is 0 Å². The van der Waals surface area contributed by atoms with Crippen LogP contribution in [0.15, 0.2) is 42.7 Å². The molecule has 1 saturated carbocycles. The van der Waals surface area contributed by atoms with Gasteiger partial charge in [-0.25, -0.2) is 9.97 Å². The number of hydrogen-bond donors (Lipinski definition) is 4. The largest absolute Gasteiger partial charge is 0.481 e. The highest BCUT2D eigenvalue weighted by molar-refractivity contribution is 5.70. The van der Waals surface area contributed by atoms with E-state index in [-0.39, 0.29) is 18.1 Å². The van der Waals surface area contributed by atoms with E-state index in [0.29, 0.717) is 31.0 Å². The number of aliphatic hydroxyl groups excluding tert-OH is 1. The van der Waals surface area contributed by atoms with Gasteiger partial charge in [0.1, 0.15) is 11.6 Å². The average molecular weight is 630 g/mol. The number of carboxylic acid groups (broad SMARTS) is 1. The Kier molecular flexibility index (Phi) is 10.7. The molecule has 4 atom stereocenters. The van der Waals surface area contributed by atoms with E-state index < -0.39 is 5.97 Å². The van der Waals surface area contributed by atoms with Gasteiger partial charge in [0.25, 0.3) is 0 Å². The second-order valence-electron chi connectivity index (χ2n) is 13.8. The first-order valence-corrected chi connectivity index (χ1v) is 17.4. The third-order valence-electron chi connectivity index (χ3n) is 10.6. The molecule has 4 N–H and O–H groups in total. The lowest BCUT2D eigenvalue weighted by Gasteiger charge is -2.34. The van der Waals surface area contributed by atoms with Gasteiger partial charge in [0.2, 0.25) is 0 Å². The molecule has 2 fully saturated rings. The fourth-order valence-electron chi connectivity index (χ4n) is 7.98. The summed E-state index contributed by atoms with van der Waals surface area (Å²) in [4.78, 5) is 24.2. The van der Waals surface area contributed by atoms with Gasteiger partial charge in [0.15, 0.2) is 0 Å². The highest BCUT2D eigenvalue weighted by atomic mass is 16.4. The number of aliphatic hydroxyl groups is 1. The number of hydrogen-bond acceptors (Lipinski definition) is 8. The Morgan fingerprint density at radius 1 is 1.09 bits per heavy atom. The molecule has 1 aliphatic heterocycles. The van der Waals surface area contributed by atoms with Crippen LogP contribution in [0.3, 0.4) is 0 Å². The molecule has 6 rings (SSSR count). The lowest BCUT2D eigenvalue weighted by Crippen LogP contribution is -2.41. The summed E-state index contributed by atoms with van der Waals surface area (Å²) in [6.45, 7) is 5.20. The predicted octanol–water partition coefficient (Wildman–Crippen LogP) is 4.85. The predicted molar refractivity (Wildman–Crippen MR) is 178 cm³/mol. The first-order valence-electron chi connectivity index (χ1n) is 17.4. The number of carboxylic acids is 1. The summed E-state index contributed by atoms with van der Waals surface area (Å²) in [7, 11) is 1.95. The monoisotopic (exact) mass is 629 g/mol. The van der Waals surface area contributed by atoms with Gasteiger partial charge in [-0.3, -0.25) is 14.4 Å². The number of aryl methyl sites for hydroxylation is 2. The van der Waals surface area contributed by atoms with Crippen molar-refractivity contribution in [2.45, 2.75) is 102 Å². The van der Waals surface area contributed by atoms with Gasteiger partial charge in [0.05, 0.1) is 30.8 Å². The number of aliphatic carboxylic acids is 1. The van der Waals surface area contributed by atoms with Crippen molar-refractivity contribution >= 4 is 11.8 Å². The number of nitrogens with zero attached hydrogens (tertiary/aromatic N) is 5. The summed E-state index contributed by atoms with van der Waals surface area (Å²) in [5, 5.41) is 32.0. The number of β-amino-alcohol motifs (C(OH)–C–C–N with tert-alkyl or cyclic N) is 1. The van der Waals surface area contributed by atoms with Crippen LogP contribution < -0.4 is 10.6 Å². The van der Waals surface area contributed by atoms with Crippen molar-refractivity contribution in [2.75, 3.05) is 25.0 Å². The minimum absolute atomic E-state index is 0.0382. The van der Waals surface area contributed by atoms with E-state index in [0.717, 1.165) is 100 Å². The van der Waals surface area contributed by atoms with E-state index >= 15 is 0 Å².